The van der Waals surface area contributed by atoms with Crippen LogP contribution in [0.4, 0.5) is 32.2 Å². The number of benzene rings is 3. The van der Waals surface area contributed by atoms with E-state index >= 15 is 8.78 Å². The minimum absolute atomic E-state index is 0.00373. The normalized spacial score (nSPS) is 19.1. The molecule has 1 saturated carbocycles. The Hall–Kier alpha value is -5.19. The summed E-state index contributed by atoms with van der Waals surface area (Å²) in [7, 11) is -2.13. The molecular formula is C37H32F6N6O4S. The number of nitrogens with one attached hydrogen (secondary N) is 2. The van der Waals surface area contributed by atoms with Crippen molar-refractivity contribution in [3.05, 3.63) is 99.4 Å². The lowest BCUT2D eigenvalue weighted by atomic mass is 9.82. The predicted molar refractivity (Wildman–Crippen MR) is 185 cm³/mol. The number of halogens is 6. The van der Waals surface area contributed by atoms with Gasteiger partial charge in [-0.25, -0.2) is 26.0 Å². The number of ketones is 1. The molecule has 3 aliphatic rings. The number of fused-ring (bicyclic) bond motifs is 5. The summed E-state index contributed by atoms with van der Waals surface area (Å²) in [6, 6.07) is 10.4. The van der Waals surface area contributed by atoms with Crippen LogP contribution in [0.5, 0.6) is 0 Å². The fourth-order valence-electron chi connectivity index (χ4n) is 8.16. The zero-order valence-electron chi connectivity index (χ0n) is 28.8. The molecule has 3 atom stereocenters. The first-order valence-electron chi connectivity index (χ1n) is 17.1. The Bertz CT molecular complexity index is 2500. The van der Waals surface area contributed by atoms with Crippen LogP contribution in [0.2, 0.25) is 0 Å². The van der Waals surface area contributed by atoms with Crippen LogP contribution in [0.3, 0.4) is 0 Å². The molecule has 0 radical (unpaired) electrons. The zero-order chi connectivity index (χ0) is 38.4. The van der Waals surface area contributed by atoms with E-state index < -0.39 is 75.7 Å². The maximum absolute atomic E-state index is 15.4. The fraction of sp³-hybridized carbons (Fsp3) is 0.351. The van der Waals surface area contributed by atoms with Crippen LogP contribution in [0, 0.1) is 17.6 Å². The summed E-state index contributed by atoms with van der Waals surface area (Å²) in [6.45, 7) is -0.843. The lowest BCUT2D eigenvalue weighted by Gasteiger charge is -2.27. The highest BCUT2D eigenvalue weighted by atomic mass is 32.2. The number of nitrogens with zero attached hydrogens (tertiary/aromatic N) is 4. The van der Waals surface area contributed by atoms with Gasteiger partial charge in [-0.3, -0.25) is 23.7 Å². The van der Waals surface area contributed by atoms with Gasteiger partial charge in [0, 0.05) is 48.4 Å². The Morgan fingerprint density at radius 1 is 1.02 bits per heavy atom. The van der Waals surface area contributed by atoms with Crippen LogP contribution in [-0.4, -0.2) is 45.9 Å². The molecule has 0 bridgehead atoms. The lowest BCUT2D eigenvalue weighted by molar-refractivity contribution is -0.123. The number of anilines is 1. The summed E-state index contributed by atoms with van der Waals surface area (Å²) in [5, 5.41) is 11.4. The second-order valence-corrected chi connectivity index (χ2v) is 16.0. The molecule has 0 saturated heterocycles. The van der Waals surface area contributed by atoms with E-state index in [1.807, 2.05) is 0 Å². The van der Waals surface area contributed by atoms with E-state index in [-0.39, 0.29) is 48.4 Å². The van der Waals surface area contributed by atoms with E-state index in [2.05, 4.69) is 20.2 Å². The van der Waals surface area contributed by atoms with Crippen molar-refractivity contribution in [2.75, 3.05) is 11.0 Å². The van der Waals surface area contributed by atoms with Gasteiger partial charge in [-0.05, 0) is 71.2 Å². The summed E-state index contributed by atoms with van der Waals surface area (Å²) in [5.41, 5.74) is 1.79. The number of Topliss-reactive ketones (excluding diaryl/α,β-unsaturated/α-hetero) is 1. The Kier molecular flexibility index (Phi) is 8.43. The van der Waals surface area contributed by atoms with Crippen LogP contribution in [-0.2, 0) is 58.4 Å². The van der Waals surface area contributed by atoms with Gasteiger partial charge < -0.3 is 5.32 Å². The molecule has 0 spiro atoms. The molecule has 1 amide bonds. The largest absolute Gasteiger partial charge is 0.347 e. The first kappa shape index (κ1) is 35.8. The molecule has 3 aliphatic carbocycles. The van der Waals surface area contributed by atoms with Gasteiger partial charge in [-0.15, -0.1) is 0 Å². The van der Waals surface area contributed by atoms with Crippen molar-refractivity contribution < 1.29 is 44.3 Å². The number of para-hydroxylation sites is 1. The number of aromatic nitrogens is 4. The smallest absolute Gasteiger partial charge is 0.293 e. The Balaban J connectivity index is 1.26. The van der Waals surface area contributed by atoms with Crippen molar-refractivity contribution in [3.8, 4) is 11.1 Å². The predicted octanol–water partition coefficient (Wildman–Crippen LogP) is 6.39. The maximum atomic E-state index is 15.4. The van der Waals surface area contributed by atoms with Crippen molar-refractivity contribution in [3.63, 3.8) is 0 Å². The molecule has 54 heavy (non-hydrogen) atoms. The topological polar surface area (TPSA) is 128 Å². The van der Waals surface area contributed by atoms with Gasteiger partial charge in [0.25, 0.3) is 12.3 Å². The molecule has 282 valence electrons. The van der Waals surface area contributed by atoms with Gasteiger partial charge in [0.2, 0.25) is 15.9 Å². The summed E-state index contributed by atoms with van der Waals surface area (Å²) >= 11 is 0. The van der Waals surface area contributed by atoms with Gasteiger partial charge in [0.05, 0.1) is 17.8 Å². The number of rotatable bonds is 10. The molecule has 10 nitrogen and oxygen atoms in total. The van der Waals surface area contributed by atoms with E-state index in [0.29, 0.717) is 50.3 Å². The molecule has 2 heterocycles. The third-order valence-corrected chi connectivity index (χ3v) is 11.0. The van der Waals surface area contributed by atoms with Gasteiger partial charge in [0.15, 0.2) is 5.82 Å². The van der Waals surface area contributed by atoms with Crippen molar-refractivity contribution in [2.24, 2.45) is 13.0 Å². The van der Waals surface area contributed by atoms with Gasteiger partial charge in [-0.2, -0.15) is 19.0 Å². The van der Waals surface area contributed by atoms with Crippen molar-refractivity contribution >= 4 is 38.4 Å². The second-order valence-electron chi connectivity index (χ2n) is 14.3. The number of hydrogen-bond acceptors (Lipinski definition) is 6. The Morgan fingerprint density at radius 2 is 1.76 bits per heavy atom. The van der Waals surface area contributed by atoms with Crippen LogP contribution in [0.15, 0.2) is 48.5 Å². The number of amides is 1. The third kappa shape index (κ3) is 6.31. The molecule has 17 heteroatoms. The monoisotopic (exact) mass is 770 g/mol. The van der Waals surface area contributed by atoms with Crippen LogP contribution in [0.25, 0.3) is 22.0 Å². The van der Waals surface area contributed by atoms with Crippen LogP contribution >= 0.6 is 0 Å². The average Bonchev–Trinajstić information content (AvgIpc) is 3.63. The molecular weight excluding hydrogens is 739 g/mol. The number of hydrogen-bond donors (Lipinski definition) is 2. The van der Waals surface area contributed by atoms with Gasteiger partial charge >= 0.3 is 0 Å². The lowest BCUT2D eigenvalue weighted by Crippen LogP contribution is -2.35. The second kappa shape index (κ2) is 12.7. The minimum atomic E-state index is -3.74. The molecule has 8 rings (SSSR count). The third-order valence-electron chi connectivity index (χ3n) is 10.4. The van der Waals surface area contributed by atoms with Gasteiger partial charge in [-0.1, -0.05) is 24.3 Å². The van der Waals surface area contributed by atoms with E-state index in [0.717, 1.165) is 24.0 Å². The molecule has 0 aliphatic heterocycles. The highest BCUT2D eigenvalue weighted by molar-refractivity contribution is 7.92. The van der Waals surface area contributed by atoms with Crippen LogP contribution in [0.1, 0.15) is 70.4 Å². The van der Waals surface area contributed by atoms with Gasteiger partial charge in [0.1, 0.15) is 35.4 Å². The summed E-state index contributed by atoms with van der Waals surface area (Å²) in [4.78, 5) is 26.5. The standard InChI is InChI=1S/C37H32F6N6O4S/c1-48-33-23(4-3-5-24(33)36(46-48)47-54(2,52)53)25-13-19-11-22(50)7-6-18(19)12-26(25)29(10-17-8-20(38)14-21(39)9-17)44-30(51)16-49-34-31(32(45-49)35(40)41)27-15-28(27)37(34,42)43/h3-5,8-9,12-14,27-29,35H,6-7,10-11,15-16H2,1-2H3,(H,44,51)(H,46,47)/t27-,28+,29?/m0/s1. The highest BCUT2D eigenvalue weighted by Gasteiger charge is 2.67. The molecule has 1 unspecified atom stereocenters. The highest BCUT2D eigenvalue weighted by Crippen LogP contribution is 2.68. The number of carbonyl (C=O) groups is 2. The summed E-state index contributed by atoms with van der Waals surface area (Å²) in [5.74, 6) is -7.94. The molecule has 3 aromatic carbocycles. The first-order valence-corrected chi connectivity index (χ1v) is 19.0. The summed E-state index contributed by atoms with van der Waals surface area (Å²) < 4.78 is 117. The number of alkyl halides is 4. The van der Waals surface area contributed by atoms with E-state index in [1.165, 1.54) is 4.68 Å². The van der Waals surface area contributed by atoms with Crippen LogP contribution < -0.4 is 10.0 Å². The summed E-state index contributed by atoms with van der Waals surface area (Å²) in [6.07, 6.45) is -1.58. The molecule has 5 aromatic rings. The van der Waals surface area contributed by atoms with E-state index in [1.54, 1.807) is 37.4 Å². The SMILES string of the molecule is Cn1nc(NS(C)(=O)=O)c2cccc(-c3cc4c(cc3C(Cc3cc(F)cc(F)c3)NC(=O)Cn3nc(C(F)F)c5c3C(F)(F)[C@@H]3C[C@H]53)CCC(=O)C4)c21. The fourth-order valence-corrected chi connectivity index (χ4v) is 8.67. The average molecular weight is 771 g/mol. The number of sulfonamides is 1. The van der Waals surface area contributed by atoms with E-state index in [4.69, 9.17) is 0 Å². The van der Waals surface area contributed by atoms with Crippen molar-refractivity contribution in [2.45, 2.75) is 63.0 Å². The van der Waals surface area contributed by atoms with Crippen molar-refractivity contribution in [1.29, 1.82) is 0 Å². The number of carbonyl (C=O) groups excluding carboxylic acids is 2. The number of aryl methyl sites for hydroxylation is 2. The Labute approximate surface area is 304 Å². The quantitative estimate of drug-likeness (QED) is 0.159. The zero-order valence-corrected chi connectivity index (χ0v) is 29.6. The van der Waals surface area contributed by atoms with Crippen molar-refractivity contribution in [1.82, 2.24) is 24.9 Å². The minimum Gasteiger partial charge on any atom is -0.347 e. The molecule has 2 aromatic heterocycles. The first-order chi connectivity index (χ1) is 25.5. The Morgan fingerprint density at radius 3 is 2.46 bits per heavy atom. The van der Waals surface area contributed by atoms with E-state index in [9.17, 15) is 35.6 Å². The maximum Gasteiger partial charge on any atom is 0.293 e. The molecule has 2 N–H and O–H groups in total. The molecule has 1 fully saturated rings.